The third-order valence-corrected chi connectivity index (χ3v) is 4.60. The number of nitriles is 1. The predicted octanol–water partition coefficient (Wildman–Crippen LogP) is 2.96. The van der Waals surface area contributed by atoms with Crippen molar-refractivity contribution in [2.45, 2.75) is 19.4 Å². The van der Waals surface area contributed by atoms with E-state index in [9.17, 15) is 5.26 Å². The Morgan fingerprint density at radius 2 is 2.29 bits per heavy atom. The second kappa shape index (κ2) is 8.06. The van der Waals surface area contributed by atoms with Gasteiger partial charge in [-0.15, -0.1) is 0 Å². The number of methoxy groups -OCH3 is 1. The predicted molar refractivity (Wildman–Crippen MR) is 106 cm³/mol. The maximum atomic E-state index is 9.45. The fraction of sp³-hybridized carbons (Fsp3) is 0.300. The lowest BCUT2D eigenvalue weighted by Crippen LogP contribution is -2.03. The van der Waals surface area contributed by atoms with Crippen LogP contribution in [0.2, 0.25) is 0 Å². The SMILES string of the molecule is COCCCn1ccc(Nc2nccc(-c3cc(C#N)c4c(c3)CCN4)n2)n1. The number of aromatic nitrogens is 4. The van der Waals surface area contributed by atoms with E-state index in [1.807, 2.05) is 29.1 Å². The molecule has 0 radical (unpaired) electrons. The van der Waals surface area contributed by atoms with Crippen LogP contribution in [0.3, 0.4) is 0 Å². The molecule has 28 heavy (non-hydrogen) atoms. The van der Waals surface area contributed by atoms with Crippen LogP contribution >= 0.6 is 0 Å². The molecule has 142 valence electrons. The smallest absolute Gasteiger partial charge is 0.228 e. The highest BCUT2D eigenvalue weighted by molar-refractivity contribution is 5.74. The first kappa shape index (κ1) is 17.9. The van der Waals surface area contributed by atoms with Crippen LogP contribution in [0.1, 0.15) is 17.5 Å². The minimum atomic E-state index is 0.469. The van der Waals surface area contributed by atoms with E-state index in [0.717, 1.165) is 48.4 Å². The number of anilines is 3. The highest BCUT2D eigenvalue weighted by Crippen LogP contribution is 2.31. The van der Waals surface area contributed by atoms with Crippen LogP contribution < -0.4 is 10.6 Å². The van der Waals surface area contributed by atoms with Gasteiger partial charge in [-0.1, -0.05) is 0 Å². The largest absolute Gasteiger partial charge is 0.385 e. The van der Waals surface area contributed by atoms with Crippen LogP contribution in [0.5, 0.6) is 0 Å². The summed E-state index contributed by atoms with van der Waals surface area (Å²) in [6, 6.07) is 9.96. The molecule has 0 fully saturated rings. The molecule has 1 aliphatic rings. The molecule has 2 N–H and O–H groups in total. The molecule has 0 saturated carbocycles. The Hall–Kier alpha value is -3.44. The first-order chi connectivity index (χ1) is 13.8. The highest BCUT2D eigenvalue weighted by Gasteiger charge is 2.17. The van der Waals surface area contributed by atoms with Gasteiger partial charge >= 0.3 is 0 Å². The average Bonchev–Trinajstić information content (AvgIpc) is 3.37. The molecule has 0 saturated heterocycles. The molecule has 3 aromatic rings. The normalized spacial score (nSPS) is 12.3. The quantitative estimate of drug-likeness (QED) is 0.612. The Morgan fingerprint density at radius 3 is 3.14 bits per heavy atom. The van der Waals surface area contributed by atoms with Crippen LogP contribution in [-0.2, 0) is 17.7 Å². The number of nitrogens with zero attached hydrogens (tertiary/aromatic N) is 5. The Bertz CT molecular complexity index is 1020. The van der Waals surface area contributed by atoms with Crippen molar-refractivity contribution in [3.05, 3.63) is 47.8 Å². The Morgan fingerprint density at radius 1 is 1.36 bits per heavy atom. The molecule has 0 atom stereocenters. The van der Waals surface area contributed by atoms with Gasteiger partial charge in [0.25, 0.3) is 0 Å². The lowest BCUT2D eigenvalue weighted by molar-refractivity contribution is 0.189. The monoisotopic (exact) mass is 375 g/mol. The first-order valence-corrected chi connectivity index (χ1v) is 9.20. The topological polar surface area (TPSA) is 101 Å². The summed E-state index contributed by atoms with van der Waals surface area (Å²) in [5.41, 5.74) is 4.42. The molecule has 8 nitrogen and oxygen atoms in total. The number of aryl methyl sites for hydroxylation is 1. The van der Waals surface area contributed by atoms with Gasteiger partial charge < -0.3 is 15.4 Å². The van der Waals surface area contributed by atoms with Crippen molar-refractivity contribution in [1.29, 1.82) is 5.26 Å². The van der Waals surface area contributed by atoms with E-state index in [2.05, 4.69) is 37.8 Å². The van der Waals surface area contributed by atoms with Gasteiger partial charge in [0, 0.05) is 50.8 Å². The van der Waals surface area contributed by atoms with E-state index < -0.39 is 0 Å². The molecule has 4 rings (SSSR count). The van der Waals surface area contributed by atoms with Gasteiger partial charge in [-0.25, -0.2) is 9.97 Å². The molecule has 2 aromatic heterocycles. The Balaban J connectivity index is 1.53. The summed E-state index contributed by atoms with van der Waals surface area (Å²) in [4.78, 5) is 8.89. The molecule has 1 aliphatic heterocycles. The fourth-order valence-corrected chi connectivity index (χ4v) is 3.28. The zero-order chi connectivity index (χ0) is 19.3. The van der Waals surface area contributed by atoms with Crippen molar-refractivity contribution < 1.29 is 4.74 Å². The zero-order valence-electron chi connectivity index (χ0n) is 15.6. The summed E-state index contributed by atoms with van der Waals surface area (Å²) in [6.45, 7) is 2.35. The maximum Gasteiger partial charge on any atom is 0.228 e. The number of fused-ring (bicyclic) bond motifs is 1. The van der Waals surface area contributed by atoms with Crippen molar-refractivity contribution in [1.82, 2.24) is 19.7 Å². The van der Waals surface area contributed by atoms with Crippen LogP contribution in [0.25, 0.3) is 11.3 Å². The van der Waals surface area contributed by atoms with Gasteiger partial charge in [0.15, 0.2) is 5.82 Å². The summed E-state index contributed by atoms with van der Waals surface area (Å²) in [7, 11) is 1.69. The van der Waals surface area contributed by atoms with Crippen LogP contribution in [0.15, 0.2) is 36.7 Å². The molecular weight excluding hydrogens is 354 g/mol. The van der Waals surface area contributed by atoms with Gasteiger partial charge in [0.05, 0.1) is 16.9 Å². The van der Waals surface area contributed by atoms with Gasteiger partial charge in [-0.05, 0) is 36.6 Å². The van der Waals surface area contributed by atoms with Crippen LogP contribution in [0.4, 0.5) is 17.5 Å². The average molecular weight is 375 g/mol. The molecular formula is C20H21N7O. The summed E-state index contributed by atoms with van der Waals surface area (Å²) < 4.78 is 6.92. The third-order valence-electron chi connectivity index (χ3n) is 4.60. The fourth-order valence-electron chi connectivity index (χ4n) is 3.28. The second-order valence-electron chi connectivity index (χ2n) is 6.55. The van der Waals surface area contributed by atoms with Gasteiger partial charge in [0.1, 0.15) is 6.07 Å². The van der Waals surface area contributed by atoms with Gasteiger partial charge in [0.2, 0.25) is 5.95 Å². The summed E-state index contributed by atoms with van der Waals surface area (Å²) in [5, 5.41) is 20.3. The van der Waals surface area contributed by atoms with E-state index in [1.54, 1.807) is 13.3 Å². The molecule has 0 aliphatic carbocycles. The molecule has 0 unspecified atom stereocenters. The highest BCUT2D eigenvalue weighted by atomic mass is 16.5. The van der Waals surface area contributed by atoms with Crippen molar-refractivity contribution in [3.63, 3.8) is 0 Å². The summed E-state index contributed by atoms with van der Waals surface area (Å²) in [5.74, 6) is 1.15. The van der Waals surface area contributed by atoms with Crippen molar-refractivity contribution in [2.75, 3.05) is 30.9 Å². The zero-order valence-corrected chi connectivity index (χ0v) is 15.6. The molecule has 8 heteroatoms. The Kier molecular flexibility index (Phi) is 5.17. The third kappa shape index (κ3) is 3.80. The van der Waals surface area contributed by atoms with E-state index in [-0.39, 0.29) is 0 Å². The maximum absolute atomic E-state index is 9.45. The van der Waals surface area contributed by atoms with Crippen LogP contribution in [0, 0.1) is 11.3 Å². The number of benzene rings is 1. The molecule has 0 bridgehead atoms. The molecule has 0 spiro atoms. The lowest BCUT2D eigenvalue weighted by Gasteiger charge is -2.08. The first-order valence-electron chi connectivity index (χ1n) is 9.20. The second-order valence-corrected chi connectivity index (χ2v) is 6.55. The summed E-state index contributed by atoms with van der Waals surface area (Å²) in [6.07, 6.45) is 5.43. The van der Waals surface area contributed by atoms with Crippen molar-refractivity contribution in [2.24, 2.45) is 0 Å². The molecule has 3 heterocycles. The summed E-state index contributed by atoms with van der Waals surface area (Å²) >= 11 is 0. The van der Waals surface area contributed by atoms with E-state index >= 15 is 0 Å². The molecule has 1 aromatic carbocycles. The number of hydrogen-bond acceptors (Lipinski definition) is 7. The number of ether oxygens (including phenoxy) is 1. The van der Waals surface area contributed by atoms with Crippen molar-refractivity contribution in [3.8, 4) is 17.3 Å². The van der Waals surface area contributed by atoms with Gasteiger partial charge in [-0.2, -0.15) is 10.4 Å². The minimum Gasteiger partial charge on any atom is -0.385 e. The van der Waals surface area contributed by atoms with Crippen LogP contribution in [-0.4, -0.2) is 40.0 Å². The minimum absolute atomic E-state index is 0.469. The van der Waals surface area contributed by atoms with E-state index in [0.29, 0.717) is 23.9 Å². The number of hydrogen-bond donors (Lipinski definition) is 2. The van der Waals surface area contributed by atoms with E-state index in [1.165, 1.54) is 0 Å². The lowest BCUT2D eigenvalue weighted by atomic mass is 10.0. The standard InChI is InChI=1S/C20H21N7O/c1-28-10-2-8-27-9-5-18(26-27)25-20-23-7-4-17(24-20)15-11-14-3-6-22-19(14)16(12-15)13-21/h4-5,7,9,11-12,22H,2-3,6,8,10H2,1H3,(H,23,24,25,26). The van der Waals surface area contributed by atoms with E-state index in [4.69, 9.17) is 4.74 Å². The number of nitrogens with one attached hydrogen (secondary N) is 2. The van der Waals surface area contributed by atoms with Gasteiger partial charge in [-0.3, -0.25) is 4.68 Å². The molecule has 0 amide bonds. The Labute approximate surface area is 163 Å². The van der Waals surface area contributed by atoms with Crippen molar-refractivity contribution >= 4 is 17.5 Å². The number of rotatable bonds is 7.